The lowest BCUT2D eigenvalue weighted by atomic mass is 9.82. The van der Waals surface area contributed by atoms with E-state index >= 15 is 0 Å². The molecule has 1 aromatic carbocycles. The van der Waals surface area contributed by atoms with E-state index < -0.39 is 0 Å². The maximum atomic E-state index is 5.78. The van der Waals surface area contributed by atoms with Gasteiger partial charge in [-0.05, 0) is 47.9 Å². The topological polar surface area (TPSA) is 21.3 Å². The van der Waals surface area contributed by atoms with Gasteiger partial charge in [0.25, 0.3) is 0 Å². The van der Waals surface area contributed by atoms with E-state index in [1.165, 1.54) is 18.4 Å². The van der Waals surface area contributed by atoms with Crippen LogP contribution in [0.15, 0.2) is 36.4 Å². The van der Waals surface area contributed by atoms with Crippen molar-refractivity contribution in [2.24, 2.45) is 0 Å². The van der Waals surface area contributed by atoms with Crippen LogP contribution < -0.4 is 10.1 Å². The summed E-state index contributed by atoms with van der Waals surface area (Å²) in [4.78, 5) is 0. The first kappa shape index (κ1) is 15.1. The number of hydrogen-bond donors (Lipinski definition) is 1. The molecule has 1 aromatic rings. The van der Waals surface area contributed by atoms with E-state index in [1.807, 2.05) is 0 Å². The highest BCUT2D eigenvalue weighted by Crippen LogP contribution is 2.28. The smallest absolute Gasteiger partial charge is 0.119 e. The van der Waals surface area contributed by atoms with E-state index in [0.29, 0.717) is 6.61 Å². The molecule has 0 amide bonds. The lowest BCUT2D eigenvalue weighted by Crippen LogP contribution is -2.21. The van der Waals surface area contributed by atoms with Crippen LogP contribution >= 0.6 is 0 Å². The highest BCUT2D eigenvalue weighted by Gasteiger charge is 2.20. The van der Waals surface area contributed by atoms with Gasteiger partial charge in [-0.1, -0.05) is 39.5 Å². The monoisotopic (exact) mass is 273 g/mol. The van der Waals surface area contributed by atoms with Gasteiger partial charge >= 0.3 is 0 Å². The molecule has 2 rings (SSSR count). The molecule has 110 valence electrons. The molecule has 20 heavy (non-hydrogen) atoms. The highest BCUT2D eigenvalue weighted by atomic mass is 16.5. The lowest BCUT2D eigenvalue weighted by Gasteiger charge is -2.23. The van der Waals surface area contributed by atoms with Gasteiger partial charge in [0, 0.05) is 12.6 Å². The molecule has 1 fully saturated rings. The molecule has 2 heteroatoms. The second-order valence-corrected chi connectivity index (χ2v) is 6.46. The molecule has 0 aliphatic heterocycles. The Labute approximate surface area is 123 Å². The van der Waals surface area contributed by atoms with Crippen LogP contribution in [0.4, 0.5) is 0 Å². The van der Waals surface area contributed by atoms with Crippen LogP contribution in [0.2, 0.25) is 0 Å². The predicted molar refractivity (Wildman–Crippen MR) is 85.4 cm³/mol. The minimum atomic E-state index is 0.232. The van der Waals surface area contributed by atoms with Crippen LogP contribution in [0.5, 0.6) is 5.75 Å². The van der Waals surface area contributed by atoms with Gasteiger partial charge in [-0.25, -0.2) is 0 Å². The molecule has 0 radical (unpaired) electrons. The van der Waals surface area contributed by atoms with Crippen LogP contribution in [0, 0.1) is 0 Å². The van der Waals surface area contributed by atoms with Crippen LogP contribution in [-0.4, -0.2) is 19.2 Å². The summed E-state index contributed by atoms with van der Waals surface area (Å²) < 4.78 is 5.78. The van der Waals surface area contributed by atoms with E-state index in [0.717, 1.165) is 30.3 Å². The van der Waals surface area contributed by atoms with Gasteiger partial charge in [0.1, 0.15) is 12.4 Å². The molecule has 0 aromatic heterocycles. The normalized spacial score (nSPS) is 15.2. The summed E-state index contributed by atoms with van der Waals surface area (Å²) in [5.74, 6) is 0.924. The Kier molecular flexibility index (Phi) is 4.87. The third-order valence-corrected chi connectivity index (χ3v) is 4.18. The van der Waals surface area contributed by atoms with Crippen molar-refractivity contribution >= 4 is 0 Å². The van der Waals surface area contributed by atoms with Crippen molar-refractivity contribution < 1.29 is 4.74 Å². The fourth-order valence-electron chi connectivity index (χ4n) is 2.02. The predicted octanol–water partition coefficient (Wildman–Crippen LogP) is 4.06. The molecule has 2 nitrogen and oxygen atoms in total. The van der Waals surface area contributed by atoms with Gasteiger partial charge in [-0.15, -0.1) is 0 Å². The zero-order valence-electron chi connectivity index (χ0n) is 13.0. The summed E-state index contributed by atoms with van der Waals surface area (Å²) >= 11 is 0. The standard InChI is InChI=1S/C18H27NO/c1-5-18(3,4)15-6-10-17(11-7-15)20-13-14(2)12-19-16-8-9-16/h6-7,10-11,16,19H,2,5,8-9,12-13H2,1,3-4H3. The van der Waals surface area contributed by atoms with E-state index in [2.05, 4.69) is 56.9 Å². The first-order chi connectivity index (χ1) is 9.51. The van der Waals surface area contributed by atoms with Gasteiger partial charge in [0.2, 0.25) is 0 Å². The van der Waals surface area contributed by atoms with Crippen molar-refractivity contribution in [3.8, 4) is 5.75 Å². The van der Waals surface area contributed by atoms with Crippen molar-refractivity contribution in [1.29, 1.82) is 0 Å². The number of rotatable bonds is 8. The van der Waals surface area contributed by atoms with E-state index in [4.69, 9.17) is 4.74 Å². The molecule has 0 spiro atoms. The fraction of sp³-hybridized carbons (Fsp3) is 0.556. The Morgan fingerprint density at radius 3 is 2.50 bits per heavy atom. The Morgan fingerprint density at radius 2 is 1.95 bits per heavy atom. The van der Waals surface area contributed by atoms with Crippen molar-refractivity contribution in [1.82, 2.24) is 5.32 Å². The molecule has 1 saturated carbocycles. The average Bonchev–Trinajstić information content (AvgIpc) is 3.27. The molecule has 1 aliphatic rings. The Morgan fingerprint density at radius 1 is 1.30 bits per heavy atom. The van der Waals surface area contributed by atoms with Crippen molar-refractivity contribution in [2.45, 2.75) is 51.5 Å². The summed E-state index contributed by atoms with van der Waals surface area (Å²) in [6, 6.07) is 9.19. The zero-order valence-corrected chi connectivity index (χ0v) is 13.0. The van der Waals surface area contributed by atoms with Crippen molar-refractivity contribution in [3.63, 3.8) is 0 Å². The second-order valence-electron chi connectivity index (χ2n) is 6.46. The molecular formula is C18H27NO. The molecular weight excluding hydrogens is 246 g/mol. The van der Waals surface area contributed by atoms with Crippen molar-refractivity contribution in [3.05, 3.63) is 42.0 Å². The molecule has 1 N–H and O–H groups in total. The summed E-state index contributed by atoms with van der Waals surface area (Å²) in [6.07, 6.45) is 3.75. The third-order valence-electron chi connectivity index (χ3n) is 4.18. The molecule has 1 aliphatic carbocycles. The number of benzene rings is 1. The fourth-order valence-corrected chi connectivity index (χ4v) is 2.02. The molecule has 0 heterocycles. The van der Waals surface area contributed by atoms with Gasteiger partial charge in [-0.2, -0.15) is 0 Å². The van der Waals surface area contributed by atoms with E-state index in [-0.39, 0.29) is 5.41 Å². The molecule has 0 saturated heterocycles. The second kappa shape index (κ2) is 6.45. The third kappa shape index (κ3) is 4.38. The maximum absolute atomic E-state index is 5.78. The van der Waals surface area contributed by atoms with Gasteiger partial charge in [-0.3, -0.25) is 0 Å². The Balaban J connectivity index is 1.79. The quantitative estimate of drug-likeness (QED) is 0.721. The van der Waals surface area contributed by atoms with Crippen LogP contribution in [0.1, 0.15) is 45.6 Å². The van der Waals surface area contributed by atoms with E-state index in [1.54, 1.807) is 0 Å². The van der Waals surface area contributed by atoms with Gasteiger partial charge < -0.3 is 10.1 Å². The maximum Gasteiger partial charge on any atom is 0.119 e. The molecule has 0 atom stereocenters. The zero-order chi connectivity index (χ0) is 14.6. The van der Waals surface area contributed by atoms with Crippen LogP contribution in [0.25, 0.3) is 0 Å². The first-order valence-corrected chi connectivity index (χ1v) is 7.64. The lowest BCUT2D eigenvalue weighted by molar-refractivity contribution is 0.348. The largest absolute Gasteiger partial charge is 0.489 e. The van der Waals surface area contributed by atoms with Crippen LogP contribution in [-0.2, 0) is 5.41 Å². The number of hydrogen-bond acceptors (Lipinski definition) is 2. The molecule has 0 unspecified atom stereocenters. The van der Waals surface area contributed by atoms with Crippen LogP contribution in [0.3, 0.4) is 0 Å². The summed E-state index contributed by atoms with van der Waals surface area (Å²) in [5, 5.41) is 3.45. The summed E-state index contributed by atoms with van der Waals surface area (Å²) in [6.45, 7) is 12.3. The SMILES string of the molecule is C=C(CNC1CC1)COc1ccc(C(C)(C)CC)cc1. The van der Waals surface area contributed by atoms with Gasteiger partial charge in [0.15, 0.2) is 0 Å². The minimum absolute atomic E-state index is 0.232. The highest BCUT2D eigenvalue weighted by molar-refractivity contribution is 5.31. The summed E-state index contributed by atoms with van der Waals surface area (Å²) in [7, 11) is 0. The Bertz CT molecular complexity index is 443. The minimum Gasteiger partial charge on any atom is -0.489 e. The van der Waals surface area contributed by atoms with Gasteiger partial charge in [0.05, 0.1) is 0 Å². The molecule has 0 bridgehead atoms. The summed E-state index contributed by atoms with van der Waals surface area (Å²) in [5.41, 5.74) is 2.70. The number of ether oxygens (including phenoxy) is 1. The van der Waals surface area contributed by atoms with E-state index in [9.17, 15) is 0 Å². The first-order valence-electron chi connectivity index (χ1n) is 7.64. The Hall–Kier alpha value is -1.28. The average molecular weight is 273 g/mol. The number of nitrogens with one attached hydrogen (secondary N) is 1. The van der Waals surface area contributed by atoms with Crippen molar-refractivity contribution in [2.75, 3.05) is 13.2 Å².